The fraction of sp³-hybridized carbons (Fsp3) is 0.611. The average molecular weight is 334 g/mol. The third-order valence-corrected chi connectivity index (χ3v) is 5.30. The van der Waals surface area contributed by atoms with Crippen LogP contribution in [0.3, 0.4) is 0 Å². The molecule has 3 rings (SSSR count). The van der Waals surface area contributed by atoms with Crippen molar-refractivity contribution in [1.29, 1.82) is 0 Å². The van der Waals surface area contributed by atoms with Gasteiger partial charge in [-0.2, -0.15) is 0 Å². The molecule has 2 heterocycles. The number of halogens is 1. The van der Waals surface area contributed by atoms with Crippen molar-refractivity contribution in [1.82, 2.24) is 4.90 Å². The highest BCUT2D eigenvalue weighted by atomic mass is 19.1. The summed E-state index contributed by atoms with van der Waals surface area (Å²) >= 11 is 0. The number of hydrogen-bond acceptors (Lipinski definition) is 4. The van der Waals surface area contributed by atoms with Gasteiger partial charge in [-0.15, -0.1) is 0 Å². The van der Waals surface area contributed by atoms with Crippen LogP contribution >= 0.6 is 0 Å². The number of carbonyl (C=O) groups is 1. The lowest BCUT2D eigenvalue weighted by atomic mass is 9.97. The minimum Gasteiger partial charge on any atom is -0.371 e. The van der Waals surface area contributed by atoms with Crippen LogP contribution in [0.4, 0.5) is 15.8 Å². The number of benzene rings is 1. The number of likely N-dealkylation sites (N-methyl/N-ethyl adjacent to an activating group) is 1. The largest absolute Gasteiger partial charge is 0.371 e. The van der Waals surface area contributed by atoms with Crippen LogP contribution in [0.1, 0.15) is 30.1 Å². The maximum Gasteiger partial charge on any atom is 0.250 e. The summed E-state index contributed by atoms with van der Waals surface area (Å²) in [5.74, 6) is -0.231. The normalized spacial score (nSPS) is 20.5. The van der Waals surface area contributed by atoms with Gasteiger partial charge in [-0.3, -0.25) is 4.79 Å². The standard InChI is InChI=1S/C18H27FN4O/c1-13-3-5-22(6-4-13)16-12-17(15(19)11-14(16)18(20)24)23-9-7-21(2)8-10-23/h11-13H,3-10H2,1-2H3,(H2,20,24). The minimum atomic E-state index is -0.563. The summed E-state index contributed by atoms with van der Waals surface area (Å²) in [5, 5.41) is 0. The fourth-order valence-corrected chi connectivity index (χ4v) is 3.55. The molecule has 0 atom stereocenters. The molecular formula is C18H27FN4O. The molecule has 2 fully saturated rings. The van der Waals surface area contributed by atoms with Crippen LogP contribution in [0.5, 0.6) is 0 Å². The Morgan fingerprint density at radius 2 is 1.62 bits per heavy atom. The van der Waals surface area contributed by atoms with Gasteiger partial charge in [0.25, 0.3) is 5.91 Å². The molecule has 0 aromatic heterocycles. The molecule has 0 bridgehead atoms. The van der Waals surface area contributed by atoms with E-state index in [1.54, 1.807) is 0 Å². The topological polar surface area (TPSA) is 52.8 Å². The van der Waals surface area contributed by atoms with Gasteiger partial charge in [0, 0.05) is 39.3 Å². The van der Waals surface area contributed by atoms with Crippen molar-refractivity contribution in [2.45, 2.75) is 19.8 Å². The van der Waals surface area contributed by atoms with E-state index in [1.165, 1.54) is 6.07 Å². The molecule has 0 aliphatic carbocycles. The van der Waals surface area contributed by atoms with Crippen molar-refractivity contribution in [3.05, 3.63) is 23.5 Å². The lowest BCUT2D eigenvalue weighted by molar-refractivity contribution is 0.1000. The Morgan fingerprint density at radius 1 is 1.04 bits per heavy atom. The first-order chi connectivity index (χ1) is 11.5. The van der Waals surface area contributed by atoms with Crippen LogP contribution in [-0.4, -0.2) is 57.1 Å². The van der Waals surface area contributed by atoms with E-state index < -0.39 is 5.91 Å². The predicted molar refractivity (Wildman–Crippen MR) is 95.2 cm³/mol. The number of amides is 1. The van der Waals surface area contributed by atoms with Crippen molar-refractivity contribution < 1.29 is 9.18 Å². The van der Waals surface area contributed by atoms with Gasteiger partial charge in [0.2, 0.25) is 0 Å². The monoisotopic (exact) mass is 334 g/mol. The van der Waals surface area contributed by atoms with E-state index in [9.17, 15) is 9.18 Å². The van der Waals surface area contributed by atoms with Crippen LogP contribution in [0.25, 0.3) is 0 Å². The maximum atomic E-state index is 14.6. The third-order valence-electron chi connectivity index (χ3n) is 5.30. The highest BCUT2D eigenvalue weighted by Crippen LogP contribution is 2.32. The summed E-state index contributed by atoms with van der Waals surface area (Å²) in [5.41, 5.74) is 7.17. The fourth-order valence-electron chi connectivity index (χ4n) is 3.55. The molecule has 2 saturated heterocycles. The van der Waals surface area contributed by atoms with Crippen molar-refractivity contribution in [2.75, 3.05) is 56.1 Å². The highest BCUT2D eigenvalue weighted by Gasteiger charge is 2.25. The second kappa shape index (κ2) is 6.97. The number of rotatable bonds is 3. The molecule has 0 unspecified atom stereocenters. The quantitative estimate of drug-likeness (QED) is 0.917. The first-order valence-electron chi connectivity index (χ1n) is 8.77. The SMILES string of the molecule is CC1CCN(c2cc(N3CCN(C)CC3)c(F)cc2C(N)=O)CC1. The van der Waals surface area contributed by atoms with E-state index in [4.69, 9.17) is 5.73 Å². The van der Waals surface area contributed by atoms with Crippen molar-refractivity contribution in [3.8, 4) is 0 Å². The molecule has 2 aliphatic heterocycles. The van der Waals surface area contributed by atoms with E-state index >= 15 is 0 Å². The summed E-state index contributed by atoms with van der Waals surface area (Å²) < 4.78 is 14.6. The van der Waals surface area contributed by atoms with Crippen molar-refractivity contribution >= 4 is 17.3 Å². The maximum absolute atomic E-state index is 14.6. The second-order valence-electron chi connectivity index (χ2n) is 7.14. The van der Waals surface area contributed by atoms with Crippen LogP contribution in [0.15, 0.2) is 12.1 Å². The number of nitrogens with zero attached hydrogens (tertiary/aromatic N) is 3. The van der Waals surface area contributed by atoms with Crippen LogP contribution in [0.2, 0.25) is 0 Å². The Bertz CT molecular complexity index is 605. The molecule has 6 heteroatoms. The predicted octanol–water partition coefficient (Wildman–Crippen LogP) is 1.91. The minimum absolute atomic E-state index is 0.292. The molecule has 1 aromatic rings. The summed E-state index contributed by atoms with van der Waals surface area (Å²) in [4.78, 5) is 18.3. The smallest absolute Gasteiger partial charge is 0.250 e. The summed E-state index contributed by atoms with van der Waals surface area (Å²) in [7, 11) is 2.07. The number of piperidine rings is 1. The van der Waals surface area contributed by atoms with Crippen molar-refractivity contribution in [2.24, 2.45) is 11.7 Å². The van der Waals surface area contributed by atoms with Gasteiger partial charge >= 0.3 is 0 Å². The first-order valence-corrected chi connectivity index (χ1v) is 8.77. The van der Waals surface area contributed by atoms with Gasteiger partial charge in [-0.25, -0.2) is 4.39 Å². The molecule has 0 spiro atoms. The number of hydrogen-bond donors (Lipinski definition) is 1. The number of carbonyl (C=O) groups excluding carboxylic acids is 1. The van der Waals surface area contributed by atoms with Gasteiger partial charge < -0.3 is 20.4 Å². The number of piperazine rings is 1. The van der Waals surface area contributed by atoms with Gasteiger partial charge in [0.1, 0.15) is 5.82 Å². The Labute approximate surface area is 143 Å². The number of primary amides is 1. The molecule has 0 saturated carbocycles. The zero-order chi connectivity index (χ0) is 17.3. The Kier molecular flexibility index (Phi) is 4.94. The molecule has 2 N–H and O–H groups in total. The zero-order valence-electron chi connectivity index (χ0n) is 14.6. The van der Waals surface area contributed by atoms with Gasteiger partial charge in [0.15, 0.2) is 0 Å². The summed E-state index contributed by atoms with van der Waals surface area (Å²) in [6.45, 7) is 7.41. The van der Waals surface area contributed by atoms with Crippen LogP contribution in [-0.2, 0) is 0 Å². The van der Waals surface area contributed by atoms with E-state index in [2.05, 4.69) is 28.7 Å². The molecule has 132 valence electrons. The van der Waals surface area contributed by atoms with E-state index in [0.29, 0.717) is 17.2 Å². The van der Waals surface area contributed by atoms with Crippen molar-refractivity contribution in [3.63, 3.8) is 0 Å². The Hall–Kier alpha value is -1.82. The second-order valence-corrected chi connectivity index (χ2v) is 7.14. The molecule has 0 radical (unpaired) electrons. The summed E-state index contributed by atoms with van der Waals surface area (Å²) in [6.07, 6.45) is 2.17. The average Bonchev–Trinajstić information content (AvgIpc) is 2.56. The van der Waals surface area contributed by atoms with Crippen LogP contribution in [0, 0.1) is 11.7 Å². The molecule has 1 aromatic carbocycles. The third kappa shape index (κ3) is 3.48. The van der Waals surface area contributed by atoms with Gasteiger partial charge in [0.05, 0.1) is 16.9 Å². The van der Waals surface area contributed by atoms with E-state index in [0.717, 1.165) is 57.8 Å². The molecule has 2 aliphatic rings. The summed E-state index contributed by atoms with van der Waals surface area (Å²) in [6, 6.07) is 3.15. The Balaban J connectivity index is 1.93. The first kappa shape index (κ1) is 17.0. The number of nitrogens with two attached hydrogens (primary N) is 1. The number of anilines is 2. The Morgan fingerprint density at radius 3 is 2.21 bits per heavy atom. The molecular weight excluding hydrogens is 307 g/mol. The molecule has 5 nitrogen and oxygen atoms in total. The van der Waals surface area contributed by atoms with Gasteiger partial charge in [-0.1, -0.05) is 6.92 Å². The lowest BCUT2D eigenvalue weighted by Crippen LogP contribution is -2.45. The molecule has 24 heavy (non-hydrogen) atoms. The van der Waals surface area contributed by atoms with Gasteiger partial charge in [-0.05, 0) is 37.9 Å². The molecule has 1 amide bonds. The lowest BCUT2D eigenvalue weighted by Gasteiger charge is -2.36. The highest BCUT2D eigenvalue weighted by molar-refractivity contribution is 5.99. The van der Waals surface area contributed by atoms with E-state index in [-0.39, 0.29) is 5.82 Å². The van der Waals surface area contributed by atoms with Crippen LogP contribution < -0.4 is 15.5 Å². The van der Waals surface area contributed by atoms with E-state index in [1.807, 2.05) is 6.07 Å². The zero-order valence-corrected chi connectivity index (χ0v) is 14.6.